The molecule has 0 unspecified atom stereocenters. The molecule has 1 nitrogen and oxygen atoms in total. The van der Waals surface area contributed by atoms with Crippen LogP contribution in [0.25, 0.3) is 0 Å². The van der Waals surface area contributed by atoms with Crippen LogP contribution in [0.1, 0.15) is 46.1 Å². The number of rotatable bonds is 3. The Kier molecular flexibility index (Phi) is 7.70. The Balaban J connectivity index is 0.00000102. The lowest BCUT2D eigenvalue weighted by molar-refractivity contribution is -0.190. The number of carbonyl (C=O) groups is 1. The minimum absolute atomic E-state index is 0.0504. The summed E-state index contributed by atoms with van der Waals surface area (Å²) in [5, 5.41) is 0. The van der Waals surface area contributed by atoms with Crippen molar-refractivity contribution in [2.75, 3.05) is 0 Å². The first-order valence-corrected chi connectivity index (χ1v) is 7.30. The van der Waals surface area contributed by atoms with Crippen LogP contribution < -0.4 is 0 Å². The second-order valence-electron chi connectivity index (χ2n) is 4.43. The van der Waals surface area contributed by atoms with Gasteiger partial charge < -0.3 is 0 Å². The summed E-state index contributed by atoms with van der Waals surface area (Å²) in [4.78, 5) is 11.6. The lowest BCUT2D eigenvalue weighted by Crippen LogP contribution is -2.33. The molecule has 0 aromatic heterocycles. The molecular weight excluding hydrogens is 303 g/mol. The van der Waals surface area contributed by atoms with Crippen molar-refractivity contribution in [3.05, 3.63) is 35.4 Å². The van der Waals surface area contributed by atoms with Crippen molar-refractivity contribution < 1.29 is 26.7 Å². The molecule has 0 amide bonds. The molecule has 0 bridgehead atoms. The zero-order valence-corrected chi connectivity index (χ0v) is 13.2. The van der Waals surface area contributed by atoms with Crippen molar-refractivity contribution in [3.63, 3.8) is 0 Å². The van der Waals surface area contributed by atoms with Crippen molar-refractivity contribution in [3.8, 4) is 0 Å². The molecule has 0 saturated heterocycles. The Hall–Kier alpha value is -1.46. The number of halogens is 5. The Bertz CT molecular complexity index is 490. The van der Waals surface area contributed by atoms with E-state index < -0.39 is 35.4 Å². The van der Waals surface area contributed by atoms with E-state index in [1.54, 1.807) is 0 Å². The van der Waals surface area contributed by atoms with Crippen LogP contribution in [-0.4, -0.2) is 12.0 Å². The summed E-state index contributed by atoms with van der Waals surface area (Å²) in [6, 6.07) is 2.66. The van der Waals surface area contributed by atoms with Gasteiger partial charge in [-0.15, -0.1) is 0 Å². The molecule has 22 heavy (non-hydrogen) atoms. The van der Waals surface area contributed by atoms with Crippen LogP contribution in [0.3, 0.4) is 0 Å². The summed E-state index contributed by atoms with van der Waals surface area (Å²) in [5.74, 6) is -3.25. The number of hydrogen-bond donors (Lipinski definition) is 0. The van der Waals surface area contributed by atoms with Gasteiger partial charge in [-0.2, -0.15) is 13.2 Å². The van der Waals surface area contributed by atoms with Gasteiger partial charge in [0, 0.05) is 6.42 Å². The minimum atomic E-state index is -4.57. The summed E-state index contributed by atoms with van der Waals surface area (Å²) in [6.45, 7) is 8.00. The number of benzene rings is 1. The fourth-order valence-corrected chi connectivity index (χ4v) is 1.85. The predicted molar refractivity (Wildman–Crippen MR) is 75.5 cm³/mol. The molecule has 0 heterocycles. The molecule has 0 aliphatic heterocycles. The van der Waals surface area contributed by atoms with Crippen LogP contribution in [0.2, 0.25) is 0 Å². The average molecular weight is 324 g/mol. The third kappa shape index (κ3) is 4.52. The maximum atomic E-state index is 12.9. The van der Waals surface area contributed by atoms with E-state index in [9.17, 15) is 26.7 Å². The molecule has 0 radical (unpaired) electrons. The summed E-state index contributed by atoms with van der Waals surface area (Å²) < 4.78 is 63.4. The van der Waals surface area contributed by atoms with Gasteiger partial charge >= 0.3 is 6.18 Å². The summed E-state index contributed by atoms with van der Waals surface area (Å²) in [5.41, 5.74) is -2.22. The van der Waals surface area contributed by atoms with E-state index in [0.29, 0.717) is 0 Å². The van der Waals surface area contributed by atoms with Crippen LogP contribution in [0.4, 0.5) is 22.0 Å². The van der Waals surface area contributed by atoms with E-state index in [0.717, 1.165) is 18.2 Å². The van der Waals surface area contributed by atoms with Gasteiger partial charge in [-0.1, -0.05) is 33.8 Å². The lowest BCUT2D eigenvalue weighted by Gasteiger charge is -2.17. The van der Waals surface area contributed by atoms with E-state index in [2.05, 4.69) is 0 Å². The molecule has 2 rings (SSSR count). The first-order chi connectivity index (χ1) is 10.3. The number of hydrogen-bond acceptors (Lipinski definition) is 1. The first kappa shape index (κ1) is 20.5. The Morgan fingerprint density at radius 1 is 1.05 bits per heavy atom. The van der Waals surface area contributed by atoms with Gasteiger partial charge in [0.15, 0.2) is 17.4 Å². The van der Waals surface area contributed by atoms with E-state index in [1.165, 1.54) is 0 Å². The van der Waals surface area contributed by atoms with E-state index in [4.69, 9.17) is 0 Å². The molecular formula is C16H21F5O. The van der Waals surface area contributed by atoms with E-state index in [-0.39, 0.29) is 18.4 Å². The number of Topliss-reactive ketones (excluding diaryl/α,β-unsaturated/α-hetero) is 1. The maximum absolute atomic E-state index is 12.9. The van der Waals surface area contributed by atoms with Crippen molar-refractivity contribution >= 4 is 5.78 Å². The number of carbonyl (C=O) groups excluding carboxylic acids is 1. The van der Waals surface area contributed by atoms with Crippen LogP contribution >= 0.6 is 0 Å². The predicted octanol–water partition coefficient (Wildman–Crippen LogP) is 5.47. The smallest absolute Gasteiger partial charge is 0.298 e. The highest BCUT2D eigenvalue weighted by molar-refractivity contribution is 5.90. The lowest BCUT2D eigenvalue weighted by atomic mass is 9.94. The second kappa shape index (κ2) is 8.25. The van der Waals surface area contributed by atoms with Crippen molar-refractivity contribution in [1.82, 2.24) is 0 Å². The van der Waals surface area contributed by atoms with Crippen LogP contribution in [0.5, 0.6) is 0 Å². The molecule has 0 spiro atoms. The van der Waals surface area contributed by atoms with Gasteiger partial charge in [-0.05, 0) is 30.5 Å². The Labute approximate surface area is 127 Å². The van der Waals surface area contributed by atoms with Crippen molar-refractivity contribution in [1.29, 1.82) is 0 Å². The third-order valence-corrected chi connectivity index (χ3v) is 3.18. The normalized spacial score (nSPS) is 15.0. The second-order valence-corrected chi connectivity index (χ2v) is 4.43. The van der Waals surface area contributed by atoms with Crippen molar-refractivity contribution in [2.24, 2.45) is 5.41 Å². The molecule has 1 aliphatic rings. The molecule has 1 saturated carbocycles. The largest absolute Gasteiger partial charge is 0.401 e. The highest BCUT2D eigenvalue weighted by atomic mass is 19.4. The molecule has 1 aliphatic carbocycles. The van der Waals surface area contributed by atoms with Gasteiger partial charge in [0.1, 0.15) is 5.41 Å². The zero-order chi connectivity index (χ0) is 17.6. The highest BCUT2D eigenvalue weighted by Crippen LogP contribution is 2.58. The fraction of sp³-hybridized carbons (Fsp3) is 0.562. The quantitative estimate of drug-likeness (QED) is 0.674. The molecule has 1 aromatic carbocycles. The molecule has 6 heteroatoms. The summed E-state index contributed by atoms with van der Waals surface area (Å²) in [7, 11) is 0. The van der Waals surface area contributed by atoms with Gasteiger partial charge in [0.2, 0.25) is 0 Å². The summed E-state index contributed by atoms with van der Waals surface area (Å²) >= 11 is 0. The van der Waals surface area contributed by atoms with Gasteiger partial charge in [0.25, 0.3) is 0 Å². The number of ketones is 1. The standard InChI is InChI=1S/C12H9F5O.2C2H6/c13-8-2-1-7(5-9(8)14)6-10(18)11(3-4-11)12(15,16)17;2*1-2/h1-2,5H,3-4,6H2;2*1-2H3. The molecule has 0 atom stereocenters. The Morgan fingerprint density at radius 2 is 1.55 bits per heavy atom. The van der Waals surface area contributed by atoms with Gasteiger partial charge in [0.05, 0.1) is 0 Å². The molecule has 1 aromatic rings. The van der Waals surface area contributed by atoms with Crippen LogP contribution in [0, 0.1) is 17.0 Å². The maximum Gasteiger partial charge on any atom is 0.401 e. The molecule has 126 valence electrons. The minimum Gasteiger partial charge on any atom is -0.298 e. The molecule has 0 N–H and O–H groups in total. The topological polar surface area (TPSA) is 17.1 Å². The summed E-state index contributed by atoms with van der Waals surface area (Å²) in [6.07, 6.45) is -5.54. The highest BCUT2D eigenvalue weighted by Gasteiger charge is 2.67. The van der Waals surface area contributed by atoms with E-state index >= 15 is 0 Å². The Morgan fingerprint density at radius 3 is 1.91 bits per heavy atom. The monoisotopic (exact) mass is 324 g/mol. The van der Waals surface area contributed by atoms with Crippen LogP contribution in [-0.2, 0) is 11.2 Å². The fourth-order valence-electron chi connectivity index (χ4n) is 1.85. The van der Waals surface area contributed by atoms with Gasteiger partial charge in [-0.3, -0.25) is 4.79 Å². The zero-order valence-electron chi connectivity index (χ0n) is 13.2. The van der Waals surface area contributed by atoms with Gasteiger partial charge in [-0.25, -0.2) is 8.78 Å². The molecule has 1 fully saturated rings. The SMILES string of the molecule is CC.CC.O=C(Cc1ccc(F)c(F)c1)C1(C(F)(F)F)CC1. The number of alkyl halides is 3. The van der Waals surface area contributed by atoms with E-state index in [1.807, 2.05) is 27.7 Å². The third-order valence-electron chi connectivity index (χ3n) is 3.18. The van der Waals surface area contributed by atoms with Crippen molar-refractivity contribution in [2.45, 2.75) is 53.1 Å². The van der Waals surface area contributed by atoms with Crippen LogP contribution in [0.15, 0.2) is 18.2 Å². The average Bonchev–Trinajstić information content (AvgIpc) is 3.28. The first-order valence-electron chi connectivity index (χ1n) is 7.30.